The highest BCUT2D eigenvalue weighted by Gasteiger charge is 2.12. The van der Waals surface area contributed by atoms with Gasteiger partial charge in [-0.05, 0) is 30.5 Å². The first kappa shape index (κ1) is 22.5. The van der Waals surface area contributed by atoms with Crippen LogP contribution in [0.5, 0.6) is 0 Å². The standard InChI is InChI=1S/C17H18N2O2.2C2H6/c20-16(11-6-10-15-9-4-5-12-18-15)17(21)19-13-14-7-2-1-3-8-14;2*1-2/h1-5,7-9,12H,6,10-11,13H2,(H,19,21);2*1-2H3. The molecule has 0 radical (unpaired) electrons. The van der Waals surface area contributed by atoms with E-state index >= 15 is 0 Å². The van der Waals surface area contributed by atoms with E-state index in [9.17, 15) is 9.59 Å². The van der Waals surface area contributed by atoms with Gasteiger partial charge in [-0.25, -0.2) is 0 Å². The van der Waals surface area contributed by atoms with Crippen LogP contribution in [0.2, 0.25) is 0 Å². The van der Waals surface area contributed by atoms with E-state index in [-0.39, 0.29) is 12.2 Å². The summed E-state index contributed by atoms with van der Waals surface area (Å²) in [7, 11) is 0. The quantitative estimate of drug-likeness (QED) is 0.761. The molecular weight excluding hydrogens is 312 g/mol. The molecule has 2 aromatic rings. The van der Waals surface area contributed by atoms with Crippen molar-refractivity contribution in [2.24, 2.45) is 0 Å². The van der Waals surface area contributed by atoms with Crippen LogP contribution in [-0.2, 0) is 22.6 Å². The fourth-order valence-corrected chi connectivity index (χ4v) is 1.97. The molecule has 136 valence electrons. The SMILES string of the molecule is CC.CC.O=C(CCCc1ccccn1)C(=O)NCc1ccccc1. The second-order valence-corrected chi connectivity index (χ2v) is 4.77. The molecule has 0 unspecified atom stereocenters. The predicted octanol–water partition coefficient (Wildman–Crippen LogP) is 4.34. The molecule has 2 rings (SSSR count). The van der Waals surface area contributed by atoms with E-state index in [1.165, 1.54) is 0 Å². The minimum absolute atomic E-state index is 0.247. The number of ketones is 1. The summed E-state index contributed by atoms with van der Waals surface area (Å²) in [6.07, 6.45) is 3.31. The molecule has 0 atom stereocenters. The number of pyridine rings is 1. The minimum atomic E-state index is -0.514. The molecule has 0 spiro atoms. The molecule has 0 saturated carbocycles. The van der Waals surface area contributed by atoms with E-state index in [1.807, 2.05) is 76.2 Å². The molecular formula is C21H30N2O2. The third-order valence-electron chi connectivity index (χ3n) is 3.11. The Bertz CT molecular complexity index is 583. The number of carbonyl (C=O) groups is 2. The average Bonchev–Trinajstić information content (AvgIpc) is 2.70. The van der Waals surface area contributed by atoms with Gasteiger partial charge < -0.3 is 5.32 Å². The van der Waals surface area contributed by atoms with Crippen LogP contribution < -0.4 is 5.32 Å². The lowest BCUT2D eigenvalue weighted by atomic mass is 10.1. The summed E-state index contributed by atoms with van der Waals surface area (Å²) in [6, 6.07) is 15.2. The number of Topliss-reactive ketones (excluding diaryl/α,β-unsaturated/α-hetero) is 1. The van der Waals surface area contributed by atoms with Gasteiger partial charge in [0.2, 0.25) is 5.78 Å². The van der Waals surface area contributed by atoms with Gasteiger partial charge >= 0.3 is 0 Å². The summed E-state index contributed by atoms with van der Waals surface area (Å²) in [6.45, 7) is 8.38. The molecule has 0 fully saturated rings. The first-order chi connectivity index (χ1) is 12.3. The highest BCUT2D eigenvalue weighted by atomic mass is 16.2. The van der Waals surface area contributed by atoms with Crippen molar-refractivity contribution in [3.05, 3.63) is 66.0 Å². The van der Waals surface area contributed by atoms with Crippen LogP contribution >= 0.6 is 0 Å². The average molecular weight is 342 g/mol. The topological polar surface area (TPSA) is 59.1 Å². The normalized spacial score (nSPS) is 8.96. The molecule has 1 heterocycles. The van der Waals surface area contributed by atoms with Crippen molar-refractivity contribution in [1.82, 2.24) is 10.3 Å². The van der Waals surface area contributed by atoms with Crippen molar-refractivity contribution in [3.63, 3.8) is 0 Å². The lowest BCUT2D eigenvalue weighted by Gasteiger charge is -2.04. The number of hydrogen-bond donors (Lipinski definition) is 1. The molecule has 0 aliphatic heterocycles. The Morgan fingerprint density at radius 3 is 2.16 bits per heavy atom. The van der Waals surface area contributed by atoms with Gasteiger partial charge in [-0.2, -0.15) is 0 Å². The Balaban J connectivity index is 0.00000134. The molecule has 0 saturated heterocycles. The van der Waals surface area contributed by atoms with Crippen molar-refractivity contribution < 1.29 is 9.59 Å². The number of amides is 1. The maximum atomic E-state index is 11.7. The summed E-state index contributed by atoms with van der Waals surface area (Å²) in [5, 5.41) is 2.64. The molecule has 25 heavy (non-hydrogen) atoms. The highest BCUT2D eigenvalue weighted by molar-refractivity contribution is 6.36. The number of hydrogen-bond acceptors (Lipinski definition) is 3. The largest absolute Gasteiger partial charge is 0.345 e. The van der Waals surface area contributed by atoms with Gasteiger partial charge in [0, 0.05) is 24.9 Å². The van der Waals surface area contributed by atoms with Gasteiger partial charge in [-0.3, -0.25) is 14.6 Å². The van der Waals surface area contributed by atoms with Crippen LogP contribution in [0, 0.1) is 0 Å². The first-order valence-corrected chi connectivity index (χ1v) is 9.00. The van der Waals surface area contributed by atoms with E-state index in [4.69, 9.17) is 0 Å². The van der Waals surface area contributed by atoms with E-state index in [0.717, 1.165) is 11.3 Å². The van der Waals surface area contributed by atoms with E-state index in [1.54, 1.807) is 6.20 Å². The Morgan fingerprint density at radius 1 is 0.920 bits per heavy atom. The van der Waals surface area contributed by atoms with Crippen LogP contribution in [0.4, 0.5) is 0 Å². The zero-order valence-corrected chi connectivity index (χ0v) is 15.8. The minimum Gasteiger partial charge on any atom is -0.345 e. The Labute approximate surface area is 151 Å². The van der Waals surface area contributed by atoms with E-state index < -0.39 is 5.91 Å². The number of rotatable bonds is 7. The monoisotopic (exact) mass is 342 g/mol. The molecule has 1 N–H and O–H groups in total. The van der Waals surface area contributed by atoms with Gasteiger partial charge in [0.05, 0.1) is 0 Å². The van der Waals surface area contributed by atoms with Crippen LogP contribution in [0.1, 0.15) is 51.8 Å². The van der Waals surface area contributed by atoms with E-state index in [0.29, 0.717) is 19.4 Å². The zero-order valence-electron chi connectivity index (χ0n) is 15.8. The second-order valence-electron chi connectivity index (χ2n) is 4.77. The first-order valence-electron chi connectivity index (χ1n) is 9.00. The van der Waals surface area contributed by atoms with Gasteiger partial charge in [0.1, 0.15) is 0 Å². The van der Waals surface area contributed by atoms with Crippen molar-refractivity contribution >= 4 is 11.7 Å². The van der Waals surface area contributed by atoms with Gasteiger partial charge in [-0.15, -0.1) is 0 Å². The van der Waals surface area contributed by atoms with Crippen LogP contribution in [0.25, 0.3) is 0 Å². The molecule has 1 aromatic heterocycles. The molecule has 1 amide bonds. The summed E-state index contributed by atoms with van der Waals surface area (Å²) < 4.78 is 0. The van der Waals surface area contributed by atoms with Crippen molar-refractivity contribution in [2.75, 3.05) is 0 Å². The molecule has 0 aliphatic carbocycles. The fraction of sp³-hybridized carbons (Fsp3) is 0.381. The zero-order chi connectivity index (χ0) is 18.9. The molecule has 4 heteroatoms. The van der Waals surface area contributed by atoms with Gasteiger partial charge in [0.25, 0.3) is 5.91 Å². The fourth-order valence-electron chi connectivity index (χ4n) is 1.97. The number of aryl methyl sites for hydroxylation is 1. The summed E-state index contributed by atoms with van der Waals surface area (Å²) in [5.41, 5.74) is 1.92. The van der Waals surface area contributed by atoms with Crippen molar-refractivity contribution in [3.8, 4) is 0 Å². The maximum Gasteiger partial charge on any atom is 0.287 e. The van der Waals surface area contributed by atoms with E-state index in [2.05, 4.69) is 10.3 Å². The Kier molecular flexibility index (Phi) is 13.6. The Morgan fingerprint density at radius 2 is 1.56 bits per heavy atom. The third kappa shape index (κ3) is 10.1. The summed E-state index contributed by atoms with van der Waals surface area (Å²) >= 11 is 0. The van der Waals surface area contributed by atoms with Gasteiger partial charge in [0.15, 0.2) is 0 Å². The Hall–Kier alpha value is -2.49. The lowest BCUT2D eigenvalue weighted by Crippen LogP contribution is -2.30. The number of aromatic nitrogens is 1. The molecule has 1 aromatic carbocycles. The highest BCUT2D eigenvalue weighted by Crippen LogP contribution is 2.02. The lowest BCUT2D eigenvalue weighted by molar-refractivity contribution is -0.138. The third-order valence-corrected chi connectivity index (χ3v) is 3.11. The molecule has 4 nitrogen and oxygen atoms in total. The predicted molar refractivity (Wildman–Crippen MR) is 103 cm³/mol. The maximum absolute atomic E-state index is 11.7. The molecule has 0 bridgehead atoms. The number of nitrogens with zero attached hydrogens (tertiary/aromatic N) is 1. The van der Waals surface area contributed by atoms with Crippen molar-refractivity contribution in [2.45, 2.75) is 53.5 Å². The summed E-state index contributed by atoms with van der Waals surface area (Å²) in [5.74, 6) is -0.887. The number of nitrogens with one attached hydrogen (secondary N) is 1. The number of benzene rings is 1. The second kappa shape index (κ2) is 15.1. The molecule has 0 aliphatic rings. The van der Waals surface area contributed by atoms with Crippen LogP contribution in [0.15, 0.2) is 54.7 Å². The van der Waals surface area contributed by atoms with Crippen LogP contribution in [-0.4, -0.2) is 16.7 Å². The number of carbonyl (C=O) groups excluding carboxylic acids is 2. The smallest absolute Gasteiger partial charge is 0.287 e. The van der Waals surface area contributed by atoms with Gasteiger partial charge in [-0.1, -0.05) is 64.1 Å². The van der Waals surface area contributed by atoms with Crippen molar-refractivity contribution in [1.29, 1.82) is 0 Å². The van der Waals surface area contributed by atoms with Crippen LogP contribution in [0.3, 0.4) is 0 Å². The summed E-state index contributed by atoms with van der Waals surface area (Å²) in [4.78, 5) is 27.6.